The van der Waals surface area contributed by atoms with E-state index in [0.29, 0.717) is 28.9 Å². The lowest BCUT2D eigenvalue weighted by Gasteiger charge is -2.16. The van der Waals surface area contributed by atoms with E-state index in [4.69, 9.17) is 16.3 Å². The molecule has 22 heavy (non-hydrogen) atoms. The van der Waals surface area contributed by atoms with Crippen molar-refractivity contribution in [3.05, 3.63) is 23.2 Å². The van der Waals surface area contributed by atoms with Crippen LogP contribution < -0.4 is 15.4 Å². The second kappa shape index (κ2) is 9.20. The van der Waals surface area contributed by atoms with Gasteiger partial charge in [0.2, 0.25) is 5.91 Å². The van der Waals surface area contributed by atoms with Crippen molar-refractivity contribution in [2.24, 2.45) is 5.92 Å². The highest BCUT2D eigenvalue weighted by Gasteiger charge is 2.23. The quantitative estimate of drug-likeness (QED) is 0.828. The smallest absolute Gasteiger partial charge is 0.238 e. The van der Waals surface area contributed by atoms with E-state index in [9.17, 15) is 4.79 Å². The molecule has 1 aliphatic heterocycles. The monoisotopic (exact) mass is 347 g/mol. The fourth-order valence-corrected chi connectivity index (χ4v) is 2.85. The first-order valence-corrected chi connectivity index (χ1v) is 7.50. The largest absolute Gasteiger partial charge is 0.495 e. The van der Waals surface area contributed by atoms with Crippen LogP contribution in [-0.2, 0) is 4.79 Å². The fraction of sp³-hybridized carbons (Fsp3) is 0.533. The minimum absolute atomic E-state index is 0. The molecule has 0 aromatic heterocycles. The molecule has 1 unspecified atom stereocenters. The van der Waals surface area contributed by atoms with Crippen molar-refractivity contribution >= 4 is 35.6 Å². The number of rotatable bonds is 6. The average Bonchev–Trinajstić information content (AvgIpc) is 2.86. The fourth-order valence-electron chi connectivity index (χ4n) is 2.68. The number of anilines is 1. The van der Waals surface area contributed by atoms with Crippen molar-refractivity contribution in [1.82, 2.24) is 10.2 Å². The molecule has 124 valence electrons. The number of ether oxygens (including phenoxy) is 1. The van der Waals surface area contributed by atoms with Gasteiger partial charge in [0.15, 0.2) is 0 Å². The second-order valence-electron chi connectivity index (χ2n) is 5.34. The molecule has 0 saturated carbocycles. The molecular formula is C15H23Cl2N3O2. The van der Waals surface area contributed by atoms with Crippen molar-refractivity contribution in [3.63, 3.8) is 0 Å². The van der Waals surface area contributed by atoms with Crippen LogP contribution in [0.5, 0.6) is 5.75 Å². The molecule has 1 amide bonds. The third-order valence-electron chi connectivity index (χ3n) is 3.67. The van der Waals surface area contributed by atoms with E-state index in [0.717, 1.165) is 26.1 Å². The summed E-state index contributed by atoms with van der Waals surface area (Å²) in [5, 5.41) is 6.63. The summed E-state index contributed by atoms with van der Waals surface area (Å²) in [7, 11) is 3.53. The number of likely N-dealkylation sites (tertiary alicyclic amines) is 1. The summed E-state index contributed by atoms with van der Waals surface area (Å²) < 4.78 is 5.22. The zero-order valence-corrected chi connectivity index (χ0v) is 14.5. The van der Waals surface area contributed by atoms with Gasteiger partial charge >= 0.3 is 0 Å². The topological polar surface area (TPSA) is 53.6 Å². The molecule has 0 spiro atoms. The SMILES string of the molecule is CNCC1CCN(CC(=O)Nc2cc(Cl)ccc2OC)C1.Cl. The molecule has 1 fully saturated rings. The van der Waals surface area contributed by atoms with Gasteiger partial charge in [0, 0.05) is 11.6 Å². The Labute approximate surface area is 142 Å². The maximum Gasteiger partial charge on any atom is 0.238 e. The molecule has 0 aliphatic carbocycles. The van der Waals surface area contributed by atoms with E-state index in [1.54, 1.807) is 25.3 Å². The number of benzene rings is 1. The van der Waals surface area contributed by atoms with E-state index < -0.39 is 0 Å². The Balaban J connectivity index is 0.00000242. The van der Waals surface area contributed by atoms with Crippen molar-refractivity contribution in [2.75, 3.05) is 45.7 Å². The number of hydrogen-bond donors (Lipinski definition) is 2. The number of nitrogens with one attached hydrogen (secondary N) is 2. The van der Waals surface area contributed by atoms with E-state index in [1.807, 2.05) is 7.05 Å². The third-order valence-corrected chi connectivity index (χ3v) is 3.90. The van der Waals surface area contributed by atoms with Crippen LogP contribution in [-0.4, -0.2) is 51.1 Å². The minimum atomic E-state index is -0.0410. The van der Waals surface area contributed by atoms with Crippen LogP contribution >= 0.6 is 24.0 Å². The van der Waals surface area contributed by atoms with Gasteiger partial charge in [0.05, 0.1) is 19.3 Å². The summed E-state index contributed by atoms with van der Waals surface area (Å²) >= 11 is 5.96. The lowest BCUT2D eigenvalue weighted by atomic mass is 10.1. The minimum Gasteiger partial charge on any atom is -0.495 e. The van der Waals surface area contributed by atoms with E-state index in [2.05, 4.69) is 15.5 Å². The Morgan fingerprint density at radius 2 is 2.27 bits per heavy atom. The molecule has 5 nitrogen and oxygen atoms in total. The number of amides is 1. The molecule has 1 aliphatic rings. The summed E-state index contributed by atoms with van der Waals surface area (Å²) in [6.45, 7) is 3.32. The summed E-state index contributed by atoms with van der Waals surface area (Å²) in [4.78, 5) is 14.3. The second-order valence-corrected chi connectivity index (χ2v) is 5.78. The summed E-state index contributed by atoms with van der Waals surface area (Å²) in [6.07, 6.45) is 1.13. The first-order chi connectivity index (χ1) is 10.1. The Kier molecular flexibility index (Phi) is 7.96. The third kappa shape index (κ3) is 5.32. The Morgan fingerprint density at radius 1 is 1.50 bits per heavy atom. The number of nitrogens with zero attached hydrogens (tertiary/aromatic N) is 1. The molecule has 7 heteroatoms. The Hall–Kier alpha value is -1.01. The molecule has 1 aromatic carbocycles. The zero-order valence-electron chi connectivity index (χ0n) is 12.9. The van der Waals surface area contributed by atoms with Gasteiger partial charge in [0.1, 0.15) is 5.75 Å². The first kappa shape index (κ1) is 19.0. The van der Waals surface area contributed by atoms with Crippen LogP contribution in [0.4, 0.5) is 5.69 Å². The zero-order chi connectivity index (χ0) is 15.2. The number of carbonyl (C=O) groups is 1. The molecule has 2 N–H and O–H groups in total. The van der Waals surface area contributed by atoms with Gasteiger partial charge in [-0.25, -0.2) is 0 Å². The van der Waals surface area contributed by atoms with Gasteiger partial charge in [-0.2, -0.15) is 0 Å². The molecule has 2 rings (SSSR count). The molecule has 1 saturated heterocycles. The molecule has 1 heterocycles. The maximum absolute atomic E-state index is 12.1. The van der Waals surface area contributed by atoms with Crippen molar-refractivity contribution in [1.29, 1.82) is 0 Å². The molecule has 0 bridgehead atoms. The van der Waals surface area contributed by atoms with Gasteiger partial charge in [-0.3, -0.25) is 9.69 Å². The molecule has 1 aromatic rings. The average molecular weight is 348 g/mol. The number of methoxy groups -OCH3 is 1. The molecule has 0 radical (unpaired) electrons. The predicted molar refractivity (Wildman–Crippen MR) is 92.4 cm³/mol. The molecule has 1 atom stereocenters. The Bertz CT molecular complexity index is 500. The van der Waals surface area contributed by atoms with Crippen molar-refractivity contribution in [3.8, 4) is 5.75 Å². The van der Waals surface area contributed by atoms with E-state index in [1.165, 1.54) is 0 Å². The highest BCUT2D eigenvalue weighted by molar-refractivity contribution is 6.31. The Morgan fingerprint density at radius 3 is 2.95 bits per heavy atom. The highest BCUT2D eigenvalue weighted by Crippen LogP contribution is 2.27. The van der Waals surface area contributed by atoms with Gasteiger partial charge in [-0.15, -0.1) is 12.4 Å². The summed E-state index contributed by atoms with van der Waals surface area (Å²) in [5.41, 5.74) is 0.612. The summed E-state index contributed by atoms with van der Waals surface area (Å²) in [5.74, 6) is 1.20. The number of halogens is 2. The van der Waals surface area contributed by atoms with E-state index >= 15 is 0 Å². The van der Waals surface area contributed by atoms with Crippen LogP contribution in [0, 0.1) is 5.92 Å². The predicted octanol–water partition coefficient (Wildman–Crippen LogP) is 2.25. The van der Waals surface area contributed by atoms with Crippen molar-refractivity contribution < 1.29 is 9.53 Å². The van der Waals surface area contributed by atoms with Gasteiger partial charge in [0.25, 0.3) is 0 Å². The van der Waals surface area contributed by atoms with Crippen LogP contribution in [0.1, 0.15) is 6.42 Å². The lowest BCUT2D eigenvalue weighted by molar-refractivity contribution is -0.117. The van der Waals surface area contributed by atoms with Crippen LogP contribution in [0.25, 0.3) is 0 Å². The standard InChI is InChI=1S/C15H22ClN3O2.ClH/c1-17-8-11-5-6-19(9-11)10-15(20)18-13-7-12(16)3-4-14(13)21-2;/h3-4,7,11,17H,5-6,8-10H2,1-2H3,(H,18,20);1H. The highest BCUT2D eigenvalue weighted by atomic mass is 35.5. The van der Waals surface area contributed by atoms with Crippen LogP contribution in [0.15, 0.2) is 18.2 Å². The summed E-state index contributed by atoms with van der Waals surface area (Å²) in [6, 6.07) is 5.18. The number of hydrogen-bond acceptors (Lipinski definition) is 4. The van der Waals surface area contributed by atoms with Crippen LogP contribution in [0.2, 0.25) is 5.02 Å². The van der Waals surface area contributed by atoms with Crippen molar-refractivity contribution in [2.45, 2.75) is 6.42 Å². The van der Waals surface area contributed by atoms with Gasteiger partial charge in [-0.1, -0.05) is 11.6 Å². The van der Waals surface area contributed by atoms with E-state index in [-0.39, 0.29) is 18.3 Å². The van der Waals surface area contributed by atoms with Crippen LogP contribution in [0.3, 0.4) is 0 Å². The normalized spacial score (nSPS) is 17.9. The maximum atomic E-state index is 12.1. The van der Waals surface area contributed by atoms with Gasteiger partial charge < -0.3 is 15.4 Å². The first-order valence-electron chi connectivity index (χ1n) is 7.12. The van der Waals surface area contributed by atoms with Gasteiger partial charge in [-0.05, 0) is 50.7 Å². The molecular weight excluding hydrogens is 325 g/mol. The lowest BCUT2D eigenvalue weighted by Crippen LogP contribution is -2.32. The number of carbonyl (C=O) groups excluding carboxylic acids is 1.